The number of ether oxygens (including phenoxy) is 1. The number of hydrogen-bond acceptors (Lipinski definition) is 3. The van der Waals surface area contributed by atoms with Crippen LogP contribution < -0.4 is 4.74 Å². The van der Waals surface area contributed by atoms with Crippen molar-refractivity contribution in [3.63, 3.8) is 0 Å². The molecule has 0 radical (unpaired) electrons. The Morgan fingerprint density at radius 1 is 1.00 bits per heavy atom. The minimum atomic E-state index is 0.467. The van der Waals surface area contributed by atoms with Crippen LogP contribution in [0.15, 0.2) is 67.0 Å². The second-order valence-corrected chi connectivity index (χ2v) is 5.43. The van der Waals surface area contributed by atoms with Gasteiger partial charge in [0, 0.05) is 23.5 Å². The zero-order chi connectivity index (χ0) is 16.1. The summed E-state index contributed by atoms with van der Waals surface area (Å²) in [6.07, 6.45) is 4.43. The number of aldehydes is 1. The van der Waals surface area contributed by atoms with Gasteiger partial charge in [0.25, 0.3) is 0 Å². The van der Waals surface area contributed by atoms with Crippen LogP contribution in [0.1, 0.15) is 21.5 Å². The van der Waals surface area contributed by atoms with Gasteiger partial charge in [0.2, 0.25) is 0 Å². The van der Waals surface area contributed by atoms with Crippen LogP contribution in [0.3, 0.4) is 0 Å². The van der Waals surface area contributed by atoms with Gasteiger partial charge in [-0.1, -0.05) is 30.3 Å². The Balaban J connectivity index is 1.88. The lowest BCUT2D eigenvalue weighted by Crippen LogP contribution is -1.96. The second-order valence-electron chi connectivity index (χ2n) is 5.43. The molecule has 1 heterocycles. The van der Waals surface area contributed by atoms with Gasteiger partial charge in [0.1, 0.15) is 18.6 Å². The molecule has 0 saturated heterocycles. The first-order valence-electron chi connectivity index (χ1n) is 7.43. The van der Waals surface area contributed by atoms with Crippen LogP contribution in [0.5, 0.6) is 5.75 Å². The Morgan fingerprint density at radius 3 is 2.57 bits per heavy atom. The van der Waals surface area contributed by atoms with Gasteiger partial charge in [-0.3, -0.25) is 9.78 Å². The van der Waals surface area contributed by atoms with Gasteiger partial charge in [0.05, 0.1) is 0 Å². The maximum atomic E-state index is 11.2. The summed E-state index contributed by atoms with van der Waals surface area (Å²) in [5, 5.41) is 0. The van der Waals surface area contributed by atoms with Crippen LogP contribution in [0.2, 0.25) is 0 Å². The van der Waals surface area contributed by atoms with Crippen LogP contribution in [0.4, 0.5) is 0 Å². The monoisotopic (exact) mass is 303 g/mol. The smallest absolute Gasteiger partial charge is 0.150 e. The molecule has 0 atom stereocenters. The average molecular weight is 303 g/mol. The molecule has 0 aliphatic rings. The predicted octanol–water partition coefficient (Wildman–Crippen LogP) is 4.45. The Labute approximate surface area is 135 Å². The molecule has 3 nitrogen and oxygen atoms in total. The van der Waals surface area contributed by atoms with E-state index in [4.69, 9.17) is 4.74 Å². The number of hydrogen-bond donors (Lipinski definition) is 0. The molecule has 23 heavy (non-hydrogen) atoms. The van der Waals surface area contributed by atoms with E-state index in [2.05, 4.69) is 4.98 Å². The molecule has 0 fully saturated rings. The summed E-state index contributed by atoms with van der Waals surface area (Å²) in [5.41, 5.74) is 4.65. The van der Waals surface area contributed by atoms with Gasteiger partial charge >= 0.3 is 0 Å². The molecule has 114 valence electrons. The molecule has 0 amide bonds. The van der Waals surface area contributed by atoms with E-state index in [1.807, 2.05) is 55.5 Å². The molecule has 0 unspecified atom stereocenters. The number of aryl methyl sites for hydroxylation is 1. The third-order valence-corrected chi connectivity index (χ3v) is 3.52. The Hall–Kier alpha value is -2.94. The van der Waals surface area contributed by atoms with Crippen molar-refractivity contribution in [1.29, 1.82) is 0 Å². The second kappa shape index (κ2) is 6.88. The van der Waals surface area contributed by atoms with Gasteiger partial charge in [-0.15, -0.1) is 0 Å². The highest BCUT2D eigenvalue weighted by Crippen LogP contribution is 2.26. The van der Waals surface area contributed by atoms with Gasteiger partial charge in [-0.25, -0.2) is 0 Å². The van der Waals surface area contributed by atoms with Crippen molar-refractivity contribution in [2.45, 2.75) is 13.5 Å². The van der Waals surface area contributed by atoms with E-state index in [0.717, 1.165) is 28.5 Å². The summed E-state index contributed by atoms with van der Waals surface area (Å²) in [7, 11) is 0. The van der Waals surface area contributed by atoms with E-state index >= 15 is 0 Å². The minimum Gasteiger partial charge on any atom is -0.489 e. The van der Waals surface area contributed by atoms with E-state index in [9.17, 15) is 4.79 Å². The first kappa shape index (κ1) is 15.0. The third-order valence-electron chi connectivity index (χ3n) is 3.52. The highest BCUT2D eigenvalue weighted by molar-refractivity contribution is 5.80. The van der Waals surface area contributed by atoms with Crippen molar-refractivity contribution in [1.82, 2.24) is 4.98 Å². The molecule has 0 saturated carbocycles. The van der Waals surface area contributed by atoms with Gasteiger partial charge in [-0.05, 0) is 47.9 Å². The lowest BCUT2D eigenvalue weighted by atomic mass is 10.0. The average Bonchev–Trinajstić information content (AvgIpc) is 2.60. The predicted molar refractivity (Wildman–Crippen MR) is 90.6 cm³/mol. The molecule has 2 aromatic carbocycles. The molecule has 3 heteroatoms. The van der Waals surface area contributed by atoms with Crippen molar-refractivity contribution in [3.8, 4) is 16.9 Å². The number of carbonyl (C=O) groups excluding carboxylic acids is 1. The zero-order valence-corrected chi connectivity index (χ0v) is 12.9. The lowest BCUT2D eigenvalue weighted by molar-refractivity contribution is 0.112. The number of nitrogens with zero attached hydrogens (tertiary/aromatic N) is 1. The summed E-state index contributed by atoms with van der Waals surface area (Å²) in [4.78, 5) is 15.4. The van der Waals surface area contributed by atoms with Gasteiger partial charge < -0.3 is 4.74 Å². The van der Waals surface area contributed by atoms with Crippen molar-refractivity contribution < 1.29 is 9.53 Å². The van der Waals surface area contributed by atoms with Crippen molar-refractivity contribution in [2.24, 2.45) is 0 Å². The lowest BCUT2D eigenvalue weighted by Gasteiger charge is -2.10. The maximum Gasteiger partial charge on any atom is 0.150 e. The summed E-state index contributed by atoms with van der Waals surface area (Å²) < 4.78 is 5.85. The fourth-order valence-electron chi connectivity index (χ4n) is 2.39. The van der Waals surface area contributed by atoms with E-state index in [-0.39, 0.29) is 0 Å². The van der Waals surface area contributed by atoms with E-state index < -0.39 is 0 Å². The number of benzene rings is 2. The normalized spacial score (nSPS) is 10.3. The topological polar surface area (TPSA) is 39.2 Å². The third kappa shape index (κ3) is 3.83. The molecule has 0 spiro atoms. The summed E-state index contributed by atoms with van der Waals surface area (Å²) in [6, 6.07) is 17.5. The Kier molecular flexibility index (Phi) is 4.48. The Morgan fingerprint density at radius 2 is 1.83 bits per heavy atom. The SMILES string of the molecule is Cc1cncc(-c2cc(C=O)cc(OCc3ccccc3)c2)c1. The largest absolute Gasteiger partial charge is 0.489 e. The van der Waals surface area contributed by atoms with Crippen LogP contribution in [-0.2, 0) is 6.61 Å². The molecule has 0 aliphatic heterocycles. The van der Waals surface area contributed by atoms with Crippen LogP contribution in [0, 0.1) is 6.92 Å². The molecule has 0 aliphatic carbocycles. The molecule has 3 aromatic rings. The van der Waals surface area contributed by atoms with Crippen molar-refractivity contribution in [2.75, 3.05) is 0 Å². The number of aromatic nitrogens is 1. The number of rotatable bonds is 5. The molecule has 0 N–H and O–H groups in total. The van der Waals surface area contributed by atoms with Gasteiger partial charge in [-0.2, -0.15) is 0 Å². The van der Waals surface area contributed by atoms with Crippen molar-refractivity contribution in [3.05, 3.63) is 83.7 Å². The quantitative estimate of drug-likeness (QED) is 0.654. The fraction of sp³-hybridized carbons (Fsp3) is 0.100. The van der Waals surface area contributed by atoms with E-state index in [1.165, 1.54) is 0 Å². The minimum absolute atomic E-state index is 0.467. The first-order valence-corrected chi connectivity index (χ1v) is 7.43. The van der Waals surface area contributed by atoms with E-state index in [1.54, 1.807) is 18.5 Å². The molecule has 1 aromatic heterocycles. The fourth-order valence-corrected chi connectivity index (χ4v) is 2.39. The molecule has 3 rings (SSSR count). The molecular weight excluding hydrogens is 286 g/mol. The van der Waals surface area contributed by atoms with Crippen LogP contribution in [-0.4, -0.2) is 11.3 Å². The van der Waals surface area contributed by atoms with Crippen LogP contribution in [0.25, 0.3) is 11.1 Å². The summed E-state index contributed by atoms with van der Waals surface area (Å²) >= 11 is 0. The van der Waals surface area contributed by atoms with Crippen molar-refractivity contribution >= 4 is 6.29 Å². The standard InChI is InChI=1S/C20H17NO2/c1-15-7-19(12-21-11-15)18-8-17(13-22)9-20(10-18)23-14-16-5-3-2-4-6-16/h2-13H,14H2,1H3. The highest BCUT2D eigenvalue weighted by atomic mass is 16.5. The number of carbonyl (C=O) groups is 1. The Bertz CT molecular complexity index is 813. The molecular formula is C20H17NO2. The maximum absolute atomic E-state index is 11.2. The number of pyridine rings is 1. The van der Waals surface area contributed by atoms with Crippen LogP contribution >= 0.6 is 0 Å². The van der Waals surface area contributed by atoms with E-state index in [0.29, 0.717) is 17.9 Å². The highest BCUT2D eigenvalue weighted by Gasteiger charge is 2.05. The molecule has 0 bridgehead atoms. The summed E-state index contributed by atoms with van der Waals surface area (Å²) in [6.45, 7) is 2.46. The summed E-state index contributed by atoms with van der Waals surface area (Å²) in [5.74, 6) is 0.676. The zero-order valence-electron chi connectivity index (χ0n) is 12.9. The first-order chi connectivity index (χ1) is 11.2. The van der Waals surface area contributed by atoms with Gasteiger partial charge in [0.15, 0.2) is 0 Å².